The third-order valence-electron chi connectivity index (χ3n) is 5.58. The Labute approximate surface area is 184 Å². The van der Waals surface area contributed by atoms with E-state index in [4.69, 9.17) is 4.98 Å². The first-order chi connectivity index (χ1) is 15.7. The lowest BCUT2D eigenvalue weighted by Gasteiger charge is -2.40. The van der Waals surface area contributed by atoms with E-state index in [2.05, 4.69) is 20.5 Å². The van der Waals surface area contributed by atoms with Crippen molar-refractivity contribution in [3.8, 4) is 0 Å². The van der Waals surface area contributed by atoms with E-state index in [1.165, 1.54) is 0 Å². The van der Waals surface area contributed by atoms with Crippen molar-refractivity contribution >= 4 is 45.6 Å². The van der Waals surface area contributed by atoms with Gasteiger partial charge in [-0.2, -0.15) is 10.1 Å². The van der Waals surface area contributed by atoms with Crippen LogP contribution in [-0.4, -0.2) is 50.4 Å². The zero-order valence-electron chi connectivity index (χ0n) is 17.6. The van der Waals surface area contributed by atoms with Gasteiger partial charge < -0.3 is 15.3 Å². The Bertz CT molecular complexity index is 1260. The van der Waals surface area contributed by atoms with Crippen molar-refractivity contribution in [1.29, 1.82) is 0 Å². The molecule has 0 fully saturated rings. The second-order valence-electron chi connectivity index (χ2n) is 7.66. The first-order valence-corrected chi connectivity index (χ1v) is 10.5. The molecule has 0 spiro atoms. The summed E-state index contributed by atoms with van der Waals surface area (Å²) in [6.07, 6.45) is 3.96. The summed E-state index contributed by atoms with van der Waals surface area (Å²) in [6.45, 7) is 2.41. The Hall–Kier alpha value is -3.98. The predicted octanol–water partition coefficient (Wildman–Crippen LogP) is 3.35. The molecule has 3 N–H and O–H groups in total. The average molecular weight is 429 g/mol. The molecular formula is C23H23N7O2. The molecule has 5 rings (SSSR count). The number of carbonyl (C=O) groups excluding carboxylic acids is 1. The number of aromatic amines is 1. The van der Waals surface area contributed by atoms with Gasteiger partial charge in [0, 0.05) is 29.9 Å². The van der Waals surface area contributed by atoms with Gasteiger partial charge in [-0.05, 0) is 43.7 Å². The molecule has 9 nitrogen and oxygen atoms in total. The normalized spacial score (nSPS) is 15.8. The Morgan fingerprint density at radius 2 is 2.00 bits per heavy atom. The Kier molecular flexibility index (Phi) is 5.16. The van der Waals surface area contributed by atoms with Crippen molar-refractivity contribution in [3.63, 3.8) is 0 Å². The number of nitrogens with zero attached hydrogens (tertiary/aromatic N) is 5. The van der Waals surface area contributed by atoms with Crippen LogP contribution in [0.2, 0.25) is 0 Å². The molecule has 1 amide bonds. The second kappa shape index (κ2) is 8.27. The zero-order valence-corrected chi connectivity index (χ0v) is 17.6. The molecule has 9 heteroatoms. The minimum atomic E-state index is -0.431. The van der Waals surface area contributed by atoms with Gasteiger partial charge in [0.2, 0.25) is 5.95 Å². The Morgan fingerprint density at radius 1 is 1.16 bits per heavy atom. The summed E-state index contributed by atoms with van der Waals surface area (Å²) in [5, 5.41) is 20.6. The highest BCUT2D eigenvalue weighted by atomic mass is 16.3. The number of amides is 1. The molecule has 4 aromatic rings. The van der Waals surface area contributed by atoms with Crippen molar-refractivity contribution in [3.05, 3.63) is 60.9 Å². The number of benzene rings is 2. The third kappa shape index (κ3) is 3.52. The largest absolute Gasteiger partial charge is 0.396 e. The van der Waals surface area contributed by atoms with Gasteiger partial charge in [0.15, 0.2) is 5.82 Å². The van der Waals surface area contributed by atoms with Crippen LogP contribution in [0.1, 0.15) is 13.3 Å². The fraction of sp³-hybridized carbons (Fsp3) is 0.217. The molecule has 0 saturated heterocycles. The molecule has 162 valence electrons. The van der Waals surface area contributed by atoms with E-state index in [-0.39, 0.29) is 12.5 Å². The molecule has 32 heavy (non-hydrogen) atoms. The van der Waals surface area contributed by atoms with Gasteiger partial charge >= 0.3 is 0 Å². The maximum atomic E-state index is 13.3. The first kappa shape index (κ1) is 20.0. The SMILES string of the molecule is C[C@@H]1C(=O)N(c2ccccc2)c2cnc(Nc3ccc4[nH]ncc4c3)nc2N1CCCO. The third-order valence-corrected chi connectivity index (χ3v) is 5.58. The maximum absolute atomic E-state index is 13.3. The summed E-state index contributed by atoms with van der Waals surface area (Å²) in [5.74, 6) is 1.02. The highest BCUT2D eigenvalue weighted by Crippen LogP contribution is 2.39. The van der Waals surface area contributed by atoms with Crippen molar-refractivity contribution in [2.75, 3.05) is 28.3 Å². The molecule has 0 unspecified atom stereocenters. The van der Waals surface area contributed by atoms with Crippen LogP contribution in [-0.2, 0) is 4.79 Å². The number of hydrogen-bond donors (Lipinski definition) is 3. The highest BCUT2D eigenvalue weighted by Gasteiger charge is 2.37. The average Bonchev–Trinajstić information content (AvgIpc) is 3.28. The Balaban J connectivity index is 1.55. The molecule has 0 saturated carbocycles. The van der Waals surface area contributed by atoms with Gasteiger partial charge in [0.25, 0.3) is 5.91 Å². The summed E-state index contributed by atoms with van der Waals surface area (Å²) in [4.78, 5) is 26.1. The summed E-state index contributed by atoms with van der Waals surface area (Å²) in [6, 6.07) is 14.9. The minimum absolute atomic E-state index is 0.0377. The number of carbonyl (C=O) groups is 1. The van der Waals surface area contributed by atoms with Crippen LogP contribution in [0.15, 0.2) is 60.9 Å². The molecule has 0 radical (unpaired) electrons. The van der Waals surface area contributed by atoms with Gasteiger partial charge in [-0.25, -0.2) is 4.98 Å². The number of aliphatic hydroxyl groups excluding tert-OH is 1. The number of rotatable bonds is 6. The number of nitrogens with one attached hydrogen (secondary N) is 2. The number of anilines is 5. The maximum Gasteiger partial charge on any atom is 0.254 e. The van der Waals surface area contributed by atoms with Gasteiger partial charge in [-0.3, -0.25) is 14.8 Å². The fourth-order valence-corrected chi connectivity index (χ4v) is 3.95. The van der Waals surface area contributed by atoms with Crippen LogP contribution in [0.3, 0.4) is 0 Å². The molecule has 2 aromatic heterocycles. The lowest BCUT2D eigenvalue weighted by Crippen LogP contribution is -2.51. The quantitative estimate of drug-likeness (QED) is 0.431. The summed E-state index contributed by atoms with van der Waals surface area (Å²) in [7, 11) is 0. The first-order valence-electron chi connectivity index (χ1n) is 10.5. The number of aromatic nitrogens is 4. The molecule has 0 bridgehead atoms. The van der Waals surface area contributed by atoms with E-state index >= 15 is 0 Å². The van der Waals surface area contributed by atoms with Crippen LogP contribution in [0.4, 0.5) is 28.8 Å². The van der Waals surface area contributed by atoms with E-state index in [9.17, 15) is 9.90 Å². The lowest BCUT2D eigenvalue weighted by molar-refractivity contribution is -0.119. The minimum Gasteiger partial charge on any atom is -0.396 e. The molecule has 1 aliphatic rings. The summed E-state index contributed by atoms with van der Waals surface area (Å²) < 4.78 is 0. The number of H-pyrrole nitrogens is 1. The van der Waals surface area contributed by atoms with Crippen LogP contribution in [0.5, 0.6) is 0 Å². The second-order valence-corrected chi connectivity index (χ2v) is 7.66. The number of fused-ring (bicyclic) bond motifs is 2. The predicted molar refractivity (Wildman–Crippen MR) is 124 cm³/mol. The van der Waals surface area contributed by atoms with E-state index in [1.807, 2.05) is 60.4 Å². The smallest absolute Gasteiger partial charge is 0.254 e. The van der Waals surface area contributed by atoms with E-state index in [1.54, 1.807) is 17.3 Å². The van der Waals surface area contributed by atoms with Crippen molar-refractivity contribution in [2.24, 2.45) is 0 Å². The highest BCUT2D eigenvalue weighted by molar-refractivity contribution is 6.09. The van der Waals surface area contributed by atoms with Gasteiger partial charge in [0.05, 0.1) is 17.9 Å². The summed E-state index contributed by atoms with van der Waals surface area (Å²) >= 11 is 0. The lowest BCUT2D eigenvalue weighted by atomic mass is 10.1. The fourth-order valence-electron chi connectivity index (χ4n) is 3.95. The van der Waals surface area contributed by atoms with Crippen molar-refractivity contribution in [2.45, 2.75) is 19.4 Å². The molecule has 1 atom stereocenters. The number of aliphatic hydroxyl groups is 1. The molecule has 0 aliphatic carbocycles. The van der Waals surface area contributed by atoms with Crippen LogP contribution < -0.4 is 15.1 Å². The van der Waals surface area contributed by atoms with Crippen LogP contribution >= 0.6 is 0 Å². The van der Waals surface area contributed by atoms with Crippen LogP contribution in [0, 0.1) is 0 Å². The molecule has 1 aliphatic heterocycles. The Morgan fingerprint density at radius 3 is 2.81 bits per heavy atom. The summed E-state index contributed by atoms with van der Waals surface area (Å²) in [5.41, 5.74) is 3.17. The van der Waals surface area contributed by atoms with Crippen LogP contribution in [0.25, 0.3) is 10.9 Å². The van der Waals surface area contributed by atoms with Gasteiger partial charge in [-0.15, -0.1) is 0 Å². The van der Waals surface area contributed by atoms with Gasteiger partial charge in [-0.1, -0.05) is 18.2 Å². The number of hydrogen-bond acceptors (Lipinski definition) is 7. The monoisotopic (exact) mass is 429 g/mol. The van der Waals surface area contributed by atoms with Crippen molar-refractivity contribution in [1.82, 2.24) is 20.2 Å². The molecular weight excluding hydrogens is 406 g/mol. The molecule has 3 heterocycles. The molecule has 2 aromatic carbocycles. The zero-order chi connectivity index (χ0) is 22.1. The van der Waals surface area contributed by atoms with Crippen molar-refractivity contribution < 1.29 is 9.90 Å². The standard InChI is InChI=1S/C23H23N7O2/c1-15-22(32)30(18-6-3-2-4-7-18)20-14-24-23(27-21(20)29(15)10-5-11-31)26-17-8-9-19-16(12-17)13-25-28-19/h2-4,6-9,12-15,31H,5,10-11H2,1H3,(H,25,28)(H,24,26,27)/t15-/m1/s1. The van der Waals surface area contributed by atoms with E-state index in [0.717, 1.165) is 22.3 Å². The van der Waals surface area contributed by atoms with E-state index in [0.29, 0.717) is 30.4 Å². The van der Waals surface area contributed by atoms with Gasteiger partial charge in [0.1, 0.15) is 11.7 Å². The van der Waals surface area contributed by atoms with E-state index < -0.39 is 6.04 Å². The number of para-hydroxylation sites is 1. The topological polar surface area (TPSA) is 110 Å².